The summed E-state index contributed by atoms with van der Waals surface area (Å²) < 4.78 is 27.9. The van der Waals surface area contributed by atoms with E-state index < -0.39 is 41.1 Å². The summed E-state index contributed by atoms with van der Waals surface area (Å²) in [6, 6.07) is 0. The molecule has 0 aromatic carbocycles. The number of aliphatic hydroxyl groups excluding tert-OH is 1. The Morgan fingerprint density at radius 3 is 2.67 bits per heavy atom. The first kappa shape index (κ1) is 20.3. The molecule has 0 bridgehead atoms. The van der Waals surface area contributed by atoms with Gasteiger partial charge in [0.25, 0.3) is 0 Å². The highest BCUT2D eigenvalue weighted by Gasteiger charge is 2.75. The Hall–Kier alpha value is -1.63. The zero-order valence-electron chi connectivity index (χ0n) is 17.9. The number of rotatable bonds is 2. The van der Waals surface area contributed by atoms with E-state index in [0.717, 1.165) is 5.57 Å². The van der Waals surface area contributed by atoms with Crippen molar-refractivity contribution < 1.29 is 28.6 Å². The standard InChI is InChI=1S/C24H29FO5/c1-21(2)29-20-11-16-14-10-18(25)17-9-13(27)5-7-22(17,3)15(14)6-8-23(16,4)24(20,30-21)19(28)12-26/h5-7,9,14,16,18,20,26H,8,10-12H2,1-4H3/t14?,16?,18-,20+,22+,23-,24+/m0/s1. The maximum atomic E-state index is 15.4. The van der Waals surface area contributed by atoms with Crippen LogP contribution in [0.3, 0.4) is 0 Å². The molecule has 0 radical (unpaired) electrons. The number of allylic oxidation sites excluding steroid dienone is 6. The zero-order chi connectivity index (χ0) is 21.7. The Morgan fingerprint density at radius 1 is 1.23 bits per heavy atom. The molecule has 162 valence electrons. The van der Waals surface area contributed by atoms with Crippen molar-refractivity contribution in [2.24, 2.45) is 22.7 Å². The molecular formula is C24H29FO5. The lowest BCUT2D eigenvalue weighted by Crippen LogP contribution is -2.59. The van der Waals surface area contributed by atoms with Crippen molar-refractivity contribution >= 4 is 11.6 Å². The summed E-state index contributed by atoms with van der Waals surface area (Å²) in [5.74, 6) is -1.55. The van der Waals surface area contributed by atoms with E-state index >= 15 is 4.39 Å². The molecule has 0 aromatic heterocycles. The number of hydrogen-bond acceptors (Lipinski definition) is 5. The molecule has 1 heterocycles. The van der Waals surface area contributed by atoms with Gasteiger partial charge in [0.1, 0.15) is 12.8 Å². The van der Waals surface area contributed by atoms with E-state index in [1.165, 1.54) is 12.2 Å². The first-order valence-corrected chi connectivity index (χ1v) is 10.8. The van der Waals surface area contributed by atoms with Crippen molar-refractivity contribution in [2.75, 3.05) is 6.61 Å². The van der Waals surface area contributed by atoms with Crippen LogP contribution in [0.15, 0.2) is 35.5 Å². The van der Waals surface area contributed by atoms with Gasteiger partial charge in [-0.1, -0.05) is 24.6 Å². The number of ketones is 2. The van der Waals surface area contributed by atoms with E-state index in [4.69, 9.17) is 9.47 Å². The summed E-state index contributed by atoms with van der Waals surface area (Å²) in [7, 11) is 0. The second-order valence-corrected chi connectivity index (χ2v) is 10.4. The fourth-order valence-electron chi connectivity index (χ4n) is 7.25. The van der Waals surface area contributed by atoms with Crippen LogP contribution in [0.2, 0.25) is 0 Å². The number of hydrogen-bond donors (Lipinski definition) is 1. The molecular weight excluding hydrogens is 387 g/mol. The van der Waals surface area contributed by atoms with Crippen molar-refractivity contribution in [1.82, 2.24) is 0 Å². The predicted molar refractivity (Wildman–Crippen MR) is 107 cm³/mol. The summed E-state index contributed by atoms with van der Waals surface area (Å²) in [5, 5.41) is 9.80. The van der Waals surface area contributed by atoms with Gasteiger partial charge in [0.2, 0.25) is 0 Å². The minimum atomic E-state index is -1.24. The average molecular weight is 416 g/mol. The van der Waals surface area contributed by atoms with Crippen molar-refractivity contribution in [2.45, 2.75) is 70.6 Å². The highest BCUT2D eigenvalue weighted by molar-refractivity contribution is 6.01. The van der Waals surface area contributed by atoms with Gasteiger partial charge in [-0.3, -0.25) is 9.59 Å². The molecule has 0 amide bonds. The Balaban J connectivity index is 1.63. The van der Waals surface area contributed by atoms with Crippen LogP contribution in [0.5, 0.6) is 0 Å². The molecule has 2 saturated carbocycles. The normalized spacial score (nSPS) is 48.3. The third-order valence-corrected chi connectivity index (χ3v) is 8.49. The van der Waals surface area contributed by atoms with E-state index in [1.807, 2.05) is 19.9 Å². The average Bonchev–Trinajstić information content (AvgIpc) is 3.09. The highest BCUT2D eigenvalue weighted by atomic mass is 19.1. The molecule has 3 fully saturated rings. The van der Waals surface area contributed by atoms with Crippen LogP contribution >= 0.6 is 0 Å². The molecule has 7 atom stereocenters. The Morgan fingerprint density at radius 2 is 1.97 bits per heavy atom. The van der Waals surface area contributed by atoms with E-state index in [-0.39, 0.29) is 29.8 Å². The Kier molecular flexibility index (Phi) is 4.05. The van der Waals surface area contributed by atoms with Gasteiger partial charge in [0.15, 0.2) is 23.0 Å². The zero-order valence-corrected chi connectivity index (χ0v) is 17.9. The lowest BCUT2D eigenvalue weighted by atomic mass is 9.51. The minimum absolute atomic E-state index is 0.0169. The molecule has 0 spiro atoms. The molecule has 5 rings (SSSR count). The largest absolute Gasteiger partial charge is 0.388 e. The fourth-order valence-corrected chi connectivity index (χ4v) is 7.25. The predicted octanol–water partition coefficient (Wildman–Crippen LogP) is 3.22. The monoisotopic (exact) mass is 416 g/mol. The molecule has 0 aromatic rings. The maximum Gasteiger partial charge on any atom is 0.193 e. The van der Waals surface area contributed by atoms with Crippen LogP contribution in [0, 0.1) is 22.7 Å². The molecule has 4 aliphatic carbocycles. The van der Waals surface area contributed by atoms with Crippen LogP contribution < -0.4 is 0 Å². The molecule has 5 aliphatic rings. The van der Waals surface area contributed by atoms with Crippen molar-refractivity contribution in [3.05, 3.63) is 35.5 Å². The van der Waals surface area contributed by atoms with E-state index in [2.05, 4.69) is 6.08 Å². The molecule has 2 unspecified atom stereocenters. The number of alkyl halides is 1. The van der Waals surface area contributed by atoms with Gasteiger partial charge in [-0.25, -0.2) is 4.39 Å². The number of fused-ring (bicyclic) bond motifs is 7. The Labute approximate surface area is 176 Å². The second-order valence-electron chi connectivity index (χ2n) is 10.4. The number of halogens is 1. The first-order valence-electron chi connectivity index (χ1n) is 10.8. The van der Waals surface area contributed by atoms with Crippen LogP contribution in [-0.2, 0) is 19.1 Å². The molecule has 1 aliphatic heterocycles. The van der Waals surface area contributed by atoms with Crippen molar-refractivity contribution in [1.29, 1.82) is 0 Å². The second kappa shape index (κ2) is 5.99. The van der Waals surface area contributed by atoms with Gasteiger partial charge in [0.05, 0.1) is 6.10 Å². The van der Waals surface area contributed by atoms with Crippen molar-refractivity contribution in [3.63, 3.8) is 0 Å². The van der Waals surface area contributed by atoms with Crippen LogP contribution in [-0.4, -0.2) is 46.9 Å². The van der Waals surface area contributed by atoms with Gasteiger partial charge in [-0.2, -0.15) is 0 Å². The molecule has 1 saturated heterocycles. The smallest absolute Gasteiger partial charge is 0.193 e. The summed E-state index contributed by atoms with van der Waals surface area (Å²) in [5.41, 5.74) is -0.803. The third-order valence-electron chi connectivity index (χ3n) is 8.49. The fraction of sp³-hybridized carbons (Fsp3) is 0.667. The lowest BCUT2D eigenvalue weighted by Gasteiger charge is -2.54. The number of carbonyl (C=O) groups is 2. The number of Topliss-reactive ketones (excluding diaryl/α,β-unsaturated/α-hetero) is 1. The van der Waals surface area contributed by atoms with Gasteiger partial charge in [0, 0.05) is 10.8 Å². The highest BCUT2D eigenvalue weighted by Crippen LogP contribution is 2.68. The SMILES string of the molecule is CC1(C)O[C@@H]2CC3C4C[C@H](F)C5=CC(=O)C=C[C@]5(C)C4=CC[C@]3(C)[C@]2(C(=O)CO)O1. The van der Waals surface area contributed by atoms with Crippen LogP contribution in [0.1, 0.15) is 47.0 Å². The van der Waals surface area contributed by atoms with Crippen molar-refractivity contribution in [3.8, 4) is 0 Å². The van der Waals surface area contributed by atoms with Crippen LogP contribution in [0.4, 0.5) is 4.39 Å². The van der Waals surface area contributed by atoms with E-state index in [0.29, 0.717) is 18.4 Å². The van der Waals surface area contributed by atoms with Gasteiger partial charge >= 0.3 is 0 Å². The third kappa shape index (κ3) is 2.28. The summed E-state index contributed by atoms with van der Waals surface area (Å²) >= 11 is 0. The Bertz CT molecular complexity index is 932. The lowest BCUT2D eigenvalue weighted by molar-refractivity contribution is -0.206. The maximum absolute atomic E-state index is 15.4. The number of carbonyl (C=O) groups excluding carboxylic acids is 2. The summed E-state index contributed by atoms with van der Waals surface area (Å²) in [6.07, 6.45) is 6.70. The molecule has 5 nitrogen and oxygen atoms in total. The summed E-state index contributed by atoms with van der Waals surface area (Å²) in [4.78, 5) is 25.0. The van der Waals surface area contributed by atoms with Gasteiger partial charge in [-0.05, 0) is 69.6 Å². The van der Waals surface area contributed by atoms with Gasteiger partial charge < -0.3 is 14.6 Å². The van der Waals surface area contributed by atoms with E-state index in [9.17, 15) is 14.7 Å². The van der Waals surface area contributed by atoms with Crippen LogP contribution in [0.25, 0.3) is 0 Å². The minimum Gasteiger partial charge on any atom is -0.388 e. The summed E-state index contributed by atoms with van der Waals surface area (Å²) in [6.45, 7) is 6.99. The molecule has 1 N–H and O–H groups in total. The van der Waals surface area contributed by atoms with E-state index in [1.54, 1.807) is 13.8 Å². The number of ether oxygens (including phenoxy) is 2. The number of aliphatic hydroxyl groups is 1. The molecule has 6 heteroatoms. The molecule has 30 heavy (non-hydrogen) atoms. The quantitative estimate of drug-likeness (QED) is 0.700. The first-order chi connectivity index (χ1) is 14.0. The van der Waals surface area contributed by atoms with Gasteiger partial charge in [-0.15, -0.1) is 0 Å². The topological polar surface area (TPSA) is 72.8 Å².